The molecular formula is C16H19N3O3. The number of aromatic nitrogens is 1. The summed E-state index contributed by atoms with van der Waals surface area (Å²) in [5.41, 5.74) is 5.86. The SMILES string of the molecule is NCCCn1cccc(OCC(=O)Nc2ccccc2)c1=O. The number of nitrogens with two attached hydrogens (primary N) is 1. The third-order valence-electron chi connectivity index (χ3n) is 3.00. The van der Waals surface area contributed by atoms with Crippen LogP contribution < -0.4 is 21.3 Å². The smallest absolute Gasteiger partial charge is 0.292 e. The molecule has 0 atom stereocenters. The zero-order valence-electron chi connectivity index (χ0n) is 12.2. The van der Waals surface area contributed by atoms with E-state index in [0.717, 1.165) is 0 Å². The van der Waals surface area contributed by atoms with Gasteiger partial charge in [0.05, 0.1) is 0 Å². The Morgan fingerprint density at radius 1 is 1.18 bits per heavy atom. The number of amides is 1. The first-order chi connectivity index (χ1) is 10.7. The molecule has 116 valence electrons. The van der Waals surface area contributed by atoms with Gasteiger partial charge in [0.25, 0.3) is 11.5 Å². The van der Waals surface area contributed by atoms with E-state index in [9.17, 15) is 9.59 Å². The zero-order valence-corrected chi connectivity index (χ0v) is 12.2. The number of hydrogen-bond donors (Lipinski definition) is 2. The lowest BCUT2D eigenvalue weighted by Gasteiger charge is -2.09. The maximum absolute atomic E-state index is 12.1. The monoisotopic (exact) mass is 301 g/mol. The zero-order chi connectivity index (χ0) is 15.8. The van der Waals surface area contributed by atoms with Crippen molar-refractivity contribution < 1.29 is 9.53 Å². The molecule has 0 aliphatic rings. The van der Waals surface area contributed by atoms with Crippen LogP contribution in [0.1, 0.15) is 6.42 Å². The molecule has 2 aromatic rings. The molecule has 0 aliphatic heterocycles. The second-order valence-corrected chi connectivity index (χ2v) is 4.72. The summed E-state index contributed by atoms with van der Waals surface area (Å²) < 4.78 is 6.84. The lowest BCUT2D eigenvalue weighted by molar-refractivity contribution is -0.118. The van der Waals surface area contributed by atoms with E-state index in [0.29, 0.717) is 25.2 Å². The lowest BCUT2D eigenvalue weighted by atomic mass is 10.3. The number of pyridine rings is 1. The summed E-state index contributed by atoms with van der Waals surface area (Å²) >= 11 is 0. The molecule has 1 heterocycles. The van der Waals surface area contributed by atoms with Crippen LogP contribution in [0.15, 0.2) is 53.5 Å². The molecule has 0 saturated heterocycles. The fraction of sp³-hybridized carbons (Fsp3) is 0.250. The second kappa shape index (κ2) is 7.99. The molecular weight excluding hydrogens is 282 g/mol. The molecule has 1 aromatic heterocycles. The molecule has 0 spiro atoms. The van der Waals surface area contributed by atoms with Gasteiger partial charge in [0.15, 0.2) is 12.4 Å². The summed E-state index contributed by atoms with van der Waals surface area (Å²) in [5.74, 6) is -0.161. The first kappa shape index (κ1) is 15.8. The number of nitrogens with zero attached hydrogens (tertiary/aromatic N) is 1. The van der Waals surface area contributed by atoms with Crippen molar-refractivity contribution in [3.63, 3.8) is 0 Å². The molecule has 2 rings (SSSR count). The Kier molecular flexibility index (Phi) is 5.73. The molecule has 0 radical (unpaired) electrons. The van der Waals surface area contributed by atoms with Gasteiger partial charge in [-0.05, 0) is 37.2 Å². The van der Waals surface area contributed by atoms with Crippen LogP contribution in [0.2, 0.25) is 0 Å². The van der Waals surface area contributed by atoms with Crippen molar-refractivity contribution >= 4 is 11.6 Å². The van der Waals surface area contributed by atoms with Crippen LogP contribution in [0, 0.1) is 0 Å². The Morgan fingerprint density at radius 3 is 2.68 bits per heavy atom. The summed E-state index contributed by atoms with van der Waals surface area (Å²) in [6.45, 7) is 0.824. The molecule has 0 bridgehead atoms. The topological polar surface area (TPSA) is 86.3 Å². The number of para-hydroxylation sites is 1. The Morgan fingerprint density at radius 2 is 1.95 bits per heavy atom. The third kappa shape index (κ3) is 4.46. The van der Waals surface area contributed by atoms with Gasteiger partial charge >= 0.3 is 0 Å². The van der Waals surface area contributed by atoms with Crippen LogP contribution in [0.25, 0.3) is 0 Å². The Hall–Kier alpha value is -2.60. The largest absolute Gasteiger partial charge is 0.478 e. The van der Waals surface area contributed by atoms with Gasteiger partial charge in [-0.2, -0.15) is 0 Å². The molecule has 1 aromatic carbocycles. The minimum atomic E-state index is -0.317. The van der Waals surface area contributed by atoms with E-state index in [2.05, 4.69) is 5.32 Å². The average molecular weight is 301 g/mol. The number of ether oxygens (including phenoxy) is 1. The summed E-state index contributed by atoms with van der Waals surface area (Å²) in [6, 6.07) is 12.3. The van der Waals surface area contributed by atoms with E-state index < -0.39 is 0 Å². The van der Waals surface area contributed by atoms with Gasteiger partial charge in [-0.3, -0.25) is 9.59 Å². The van der Waals surface area contributed by atoms with E-state index in [1.807, 2.05) is 18.2 Å². The van der Waals surface area contributed by atoms with Gasteiger partial charge in [-0.1, -0.05) is 18.2 Å². The van der Waals surface area contributed by atoms with Crippen LogP contribution in [0.3, 0.4) is 0 Å². The summed E-state index contributed by atoms with van der Waals surface area (Å²) in [6.07, 6.45) is 2.38. The van der Waals surface area contributed by atoms with Gasteiger partial charge in [-0.15, -0.1) is 0 Å². The quantitative estimate of drug-likeness (QED) is 0.805. The van der Waals surface area contributed by atoms with Crippen molar-refractivity contribution in [1.29, 1.82) is 0 Å². The molecule has 0 aliphatic carbocycles. The highest BCUT2D eigenvalue weighted by Crippen LogP contribution is 2.06. The number of benzene rings is 1. The first-order valence-corrected chi connectivity index (χ1v) is 7.08. The Bertz CT molecular complexity index is 668. The molecule has 0 unspecified atom stereocenters. The minimum absolute atomic E-state index is 0.155. The summed E-state index contributed by atoms with van der Waals surface area (Å²) in [5, 5.41) is 2.69. The maximum Gasteiger partial charge on any atom is 0.292 e. The van der Waals surface area contributed by atoms with Crippen molar-refractivity contribution in [3.05, 3.63) is 59.0 Å². The van der Waals surface area contributed by atoms with Crippen molar-refractivity contribution in [2.24, 2.45) is 5.73 Å². The first-order valence-electron chi connectivity index (χ1n) is 7.08. The normalized spacial score (nSPS) is 10.2. The molecule has 1 amide bonds. The van der Waals surface area contributed by atoms with E-state index in [-0.39, 0.29) is 23.8 Å². The highest BCUT2D eigenvalue weighted by Gasteiger charge is 2.07. The predicted molar refractivity (Wildman–Crippen MR) is 84.9 cm³/mol. The highest BCUT2D eigenvalue weighted by molar-refractivity contribution is 5.91. The molecule has 0 saturated carbocycles. The van der Waals surface area contributed by atoms with Crippen molar-refractivity contribution in [2.45, 2.75) is 13.0 Å². The highest BCUT2D eigenvalue weighted by atomic mass is 16.5. The van der Waals surface area contributed by atoms with Crippen LogP contribution in [-0.2, 0) is 11.3 Å². The Balaban J connectivity index is 1.94. The summed E-state index contributed by atoms with van der Waals surface area (Å²) in [4.78, 5) is 23.9. The fourth-order valence-electron chi connectivity index (χ4n) is 1.92. The molecule has 22 heavy (non-hydrogen) atoms. The van der Waals surface area contributed by atoms with Gasteiger partial charge in [0.2, 0.25) is 0 Å². The van der Waals surface area contributed by atoms with Crippen LogP contribution in [-0.4, -0.2) is 23.6 Å². The van der Waals surface area contributed by atoms with E-state index in [4.69, 9.17) is 10.5 Å². The molecule has 6 nitrogen and oxygen atoms in total. The van der Waals surface area contributed by atoms with Crippen molar-refractivity contribution in [2.75, 3.05) is 18.5 Å². The van der Waals surface area contributed by atoms with E-state index in [1.165, 1.54) is 4.57 Å². The van der Waals surface area contributed by atoms with Gasteiger partial charge in [0, 0.05) is 18.4 Å². The molecule has 0 fully saturated rings. The average Bonchev–Trinajstić information content (AvgIpc) is 2.54. The minimum Gasteiger partial charge on any atom is -0.478 e. The third-order valence-corrected chi connectivity index (χ3v) is 3.00. The molecule has 3 N–H and O–H groups in total. The van der Waals surface area contributed by atoms with Gasteiger partial charge < -0.3 is 20.4 Å². The van der Waals surface area contributed by atoms with Gasteiger partial charge in [0.1, 0.15) is 0 Å². The van der Waals surface area contributed by atoms with Crippen LogP contribution in [0.5, 0.6) is 5.75 Å². The number of hydrogen-bond acceptors (Lipinski definition) is 4. The number of carbonyl (C=O) groups is 1. The number of anilines is 1. The summed E-state index contributed by atoms with van der Waals surface area (Å²) in [7, 11) is 0. The van der Waals surface area contributed by atoms with Crippen molar-refractivity contribution in [1.82, 2.24) is 4.57 Å². The second-order valence-electron chi connectivity index (χ2n) is 4.72. The van der Waals surface area contributed by atoms with E-state index >= 15 is 0 Å². The van der Waals surface area contributed by atoms with Gasteiger partial charge in [-0.25, -0.2) is 0 Å². The van der Waals surface area contributed by atoms with E-state index in [1.54, 1.807) is 30.5 Å². The predicted octanol–water partition coefficient (Wildman–Crippen LogP) is 1.21. The Labute approximate surface area is 128 Å². The van der Waals surface area contributed by atoms with Crippen molar-refractivity contribution in [3.8, 4) is 5.75 Å². The number of rotatable bonds is 7. The lowest BCUT2D eigenvalue weighted by Crippen LogP contribution is -2.26. The number of nitrogens with one attached hydrogen (secondary N) is 1. The fourth-order valence-corrected chi connectivity index (χ4v) is 1.92. The maximum atomic E-state index is 12.1. The van der Waals surface area contributed by atoms with Crippen LogP contribution >= 0.6 is 0 Å². The van der Waals surface area contributed by atoms with Crippen LogP contribution in [0.4, 0.5) is 5.69 Å². The molecule has 6 heteroatoms. The standard InChI is InChI=1S/C16H19N3O3/c17-9-5-11-19-10-4-8-14(16(19)21)22-12-15(20)18-13-6-2-1-3-7-13/h1-4,6-8,10H,5,9,11-12,17H2,(H,18,20). The number of aryl methyl sites for hydroxylation is 1. The number of carbonyl (C=O) groups excluding carboxylic acids is 1.